The Kier molecular flexibility index (Phi) is 5.94. The number of aliphatic carboxylic acids is 1. The van der Waals surface area contributed by atoms with Gasteiger partial charge in [0.25, 0.3) is 0 Å². The zero-order valence-electron chi connectivity index (χ0n) is 13.8. The molecule has 23 heavy (non-hydrogen) atoms. The molecule has 0 amide bonds. The molecule has 1 N–H and O–H groups in total. The largest absolute Gasteiger partial charge is 0.478 e. The van der Waals surface area contributed by atoms with Crippen LogP contribution in [0.4, 0.5) is 0 Å². The van der Waals surface area contributed by atoms with E-state index < -0.39 is 14.0 Å². The van der Waals surface area contributed by atoms with E-state index in [0.29, 0.717) is 11.6 Å². The Hall–Kier alpha value is -2.13. The van der Waals surface area contributed by atoms with Gasteiger partial charge in [-0.05, 0) is 24.4 Å². The van der Waals surface area contributed by atoms with Crippen LogP contribution in [-0.4, -0.2) is 19.1 Å². The predicted octanol–water partition coefficient (Wildman–Crippen LogP) is 4.25. The molecular formula is C20H24O2Si. The van der Waals surface area contributed by atoms with E-state index in [0.717, 1.165) is 12.8 Å². The quantitative estimate of drug-likeness (QED) is 0.611. The third kappa shape index (κ3) is 5.22. The van der Waals surface area contributed by atoms with Gasteiger partial charge in [0, 0.05) is 5.57 Å². The van der Waals surface area contributed by atoms with Crippen LogP contribution in [0.2, 0.25) is 19.1 Å². The van der Waals surface area contributed by atoms with E-state index in [1.54, 1.807) is 0 Å². The first-order valence-electron chi connectivity index (χ1n) is 8.01. The van der Waals surface area contributed by atoms with E-state index >= 15 is 0 Å². The minimum Gasteiger partial charge on any atom is -0.478 e. The first-order chi connectivity index (χ1) is 11.0. The highest BCUT2D eigenvalue weighted by Gasteiger charge is 2.26. The molecule has 0 aliphatic heterocycles. The van der Waals surface area contributed by atoms with Crippen molar-refractivity contribution in [2.45, 2.75) is 32.0 Å². The average molecular weight is 324 g/mol. The van der Waals surface area contributed by atoms with Gasteiger partial charge in [0.2, 0.25) is 0 Å². The molecule has 0 aliphatic rings. The molecule has 2 aromatic carbocycles. The second kappa shape index (κ2) is 7.93. The van der Waals surface area contributed by atoms with Crippen molar-refractivity contribution in [3.63, 3.8) is 0 Å². The van der Waals surface area contributed by atoms with Crippen molar-refractivity contribution < 1.29 is 9.90 Å². The van der Waals surface area contributed by atoms with Gasteiger partial charge in [0.1, 0.15) is 0 Å². The maximum absolute atomic E-state index is 11.6. The molecule has 0 bridgehead atoms. The fraction of sp³-hybridized carbons (Fsp3) is 0.250. The molecule has 0 fully saturated rings. The number of hydrogen-bond acceptors (Lipinski definition) is 1. The summed E-state index contributed by atoms with van der Waals surface area (Å²) in [5.74, 6) is -0.783. The summed E-state index contributed by atoms with van der Waals surface area (Å²) < 4.78 is 0. The van der Waals surface area contributed by atoms with Gasteiger partial charge in [0.15, 0.2) is 0 Å². The van der Waals surface area contributed by atoms with E-state index in [2.05, 4.69) is 37.4 Å². The summed E-state index contributed by atoms with van der Waals surface area (Å²) in [5.41, 5.74) is 1.80. The first kappa shape index (κ1) is 17.2. The van der Waals surface area contributed by atoms with E-state index in [1.165, 1.54) is 10.8 Å². The molecule has 2 rings (SSSR count). The van der Waals surface area contributed by atoms with Gasteiger partial charge in [-0.25, -0.2) is 4.79 Å². The predicted molar refractivity (Wildman–Crippen MR) is 98.8 cm³/mol. The van der Waals surface area contributed by atoms with E-state index in [-0.39, 0.29) is 0 Å². The van der Waals surface area contributed by atoms with Crippen LogP contribution in [0.5, 0.6) is 0 Å². The minimum absolute atomic E-state index is 0.557. The maximum Gasteiger partial charge on any atom is 0.330 e. The van der Waals surface area contributed by atoms with Gasteiger partial charge in [-0.1, -0.05) is 85.0 Å². The SMILES string of the molecule is C[Si](C)(C/C(=C\CCc1ccccc1)C(=O)O)c1ccccc1. The molecule has 0 atom stereocenters. The Balaban J connectivity index is 2.06. The number of rotatable bonds is 7. The molecule has 0 aromatic heterocycles. The standard InChI is InChI=1S/C20H24O2Si/c1-23(2,19-14-7-4-8-15-19)16-18(20(21)22)13-9-12-17-10-5-3-6-11-17/h3-8,10-11,13-15H,9,12,16H2,1-2H3,(H,21,22)/b18-13+. The van der Waals surface area contributed by atoms with Crippen LogP contribution in [0.25, 0.3) is 0 Å². The molecule has 2 aromatic rings. The molecule has 0 saturated heterocycles. The number of hydrogen-bond donors (Lipinski definition) is 1. The topological polar surface area (TPSA) is 37.3 Å². The number of aryl methyl sites for hydroxylation is 1. The number of benzene rings is 2. The highest BCUT2D eigenvalue weighted by molar-refractivity contribution is 6.90. The molecule has 2 nitrogen and oxygen atoms in total. The van der Waals surface area contributed by atoms with Crippen molar-refractivity contribution in [3.05, 3.63) is 77.9 Å². The van der Waals surface area contributed by atoms with Gasteiger partial charge in [-0.3, -0.25) is 0 Å². The lowest BCUT2D eigenvalue weighted by molar-refractivity contribution is -0.132. The number of carboxylic acids is 1. The van der Waals surface area contributed by atoms with Crippen molar-refractivity contribution in [2.24, 2.45) is 0 Å². The van der Waals surface area contributed by atoms with Crippen molar-refractivity contribution in [1.82, 2.24) is 0 Å². The minimum atomic E-state index is -1.78. The average Bonchev–Trinajstić information content (AvgIpc) is 2.55. The van der Waals surface area contributed by atoms with E-state index in [1.807, 2.05) is 42.5 Å². The van der Waals surface area contributed by atoms with E-state index in [9.17, 15) is 9.90 Å². The molecular weight excluding hydrogens is 300 g/mol. The maximum atomic E-state index is 11.6. The molecule has 0 radical (unpaired) electrons. The molecule has 0 heterocycles. The fourth-order valence-corrected chi connectivity index (χ4v) is 5.31. The highest BCUT2D eigenvalue weighted by atomic mass is 28.3. The highest BCUT2D eigenvalue weighted by Crippen LogP contribution is 2.18. The Morgan fingerprint density at radius 1 is 1.00 bits per heavy atom. The second-order valence-electron chi connectivity index (χ2n) is 6.49. The third-order valence-electron chi connectivity index (χ3n) is 4.13. The monoisotopic (exact) mass is 324 g/mol. The first-order valence-corrected chi connectivity index (χ1v) is 11.2. The van der Waals surface area contributed by atoms with E-state index in [4.69, 9.17) is 0 Å². The van der Waals surface area contributed by atoms with Crippen LogP contribution < -0.4 is 5.19 Å². The normalized spacial score (nSPS) is 12.2. The summed E-state index contributed by atoms with van der Waals surface area (Å²) in [6.45, 7) is 4.46. The summed E-state index contributed by atoms with van der Waals surface area (Å²) in [5, 5.41) is 10.8. The lowest BCUT2D eigenvalue weighted by Crippen LogP contribution is -2.42. The van der Waals surface area contributed by atoms with Gasteiger partial charge >= 0.3 is 5.97 Å². The molecule has 0 saturated carbocycles. The van der Waals surface area contributed by atoms with Crippen LogP contribution in [-0.2, 0) is 11.2 Å². The van der Waals surface area contributed by atoms with Crippen LogP contribution >= 0.6 is 0 Å². The zero-order valence-corrected chi connectivity index (χ0v) is 14.8. The summed E-state index contributed by atoms with van der Waals surface area (Å²) in [7, 11) is -1.78. The lowest BCUT2D eigenvalue weighted by Gasteiger charge is -2.23. The third-order valence-corrected chi connectivity index (χ3v) is 7.29. The number of allylic oxidation sites excluding steroid dienone is 1. The Morgan fingerprint density at radius 3 is 2.13 bits per heavy atom. The molecule has 120 valence electrons. The van der Waals surface area contributed by atoms with Crippen molar-refractivity contribution in [3.8, 4) is 0 Å². The van der Waals surface area contributed by atoms with Crippen molar-refractivity contribution in [2.75, 3.05) is 0 Å². The van der Waals surface area contributed by atoms with Crippen molar-refractivity contribution in [1.29, 1.82) is 0 Å². The number of carboxylic acid groups (broad SMARTS) is 1. The van der Waals surface area contributed by atoms with Crippen LogP contribution in [0.1, 0.15) is 12.0 Å². The summed E-state index contributed by atoms with van der Waals surface area (Å²) >= 11 is 0. The number of carbonyl (C=O) groups is 1. The molecule has 0 aliphatic carbocycles. The molecule has 3 heteroatoms. The van der Waals surface area contributed by atoms with Gasteiger partial charge in [-0.15, -0.1) is 0 Å². The van der Waals surface area contributed by atoms with Gasteiger partial charge in [-0.2, -0.15) is 0 Å². The smallest absolute Gasteiger partial charge is 0.330 e. The van der Waals surface area contributed by atoms with Gasteiger partial charge < -0.3 is 5.11 Å². The van der Waals surface area contributed by atoms with Gasteiger partial charge in [0.05, 0.1) is 8.07 Å². The Morgan fingerprint density at radius 2 is 1.57 bits per heavy atom. The van der Waals surface area contributed by atoms with Crippen LogP contribution in [0.15, 0.2) is 72.3 Å². The fourth-order valence-electron chi connectivity index (χ4n) is 2.76. The lowest BCUT2D eigenvalue weighted by atomic mass is 10.1. The molecule has 0 unspecified atom stereocenters. The Labute approximate surface area is 139 Å². The zero-order chi connectivity index (χ0) is 16.7. The summed E-state index contributed by atoms with van der Waals surface area (Å²) in [6.07, 6.45) is 3.56. The summed E-state index contributed by atoms with van der Waals surface area (Å²) in [6, 6.07) is 21.2. The van der Waals surface area contributed by atoms with Crippen molar-refractivity contribution >= 4 is 19.2 Å². The summed E-state index contributed by atoms with van der Waals surface area (Å²) in [4.78, 5) is 11.6. The second-order valence-corrected chi connectivity index (χ2v) is 11.2. The van der Waals surface area contributed by atoms with Crippen LogP contribution in [0, 0.1) is 0 Å². The van der Waals surface area contributed by atoms with Crippen LogP contribution in [0.3, 0.4) is 0 Å². The Bertz CT molecular complexity index is 661. The molecule has 0 spiro atoms.